The summed E-state index contributed by atoms with van der Waals surface area (Å²) < 4.78 is 10.9. The van der Waals surface area contributed by atoms with Crippen LogP contribution in [0.1, 0.15) is 11.4 Å². The van der Waals surface area contributed by atoms with Gasteiger partial charge >= 0.3 is 5.97 Å². The van der Waals surface area contributed by atoms with Crippen LogP contribution in [0.2, 0.25) is 0 Å². The molecular formula is C16H14N2O4S. The molecule has 0 amide bonds. The zero-order valence-corrected chi connectivity index (χ0v) is 13.2. The summed E-state index contributed by atoms with van der Waals surface area (Å²) in [5.41, 5.74) is 1.19. The number of rotatable bonds is 5. The zero-order valence-electron chi connectivity index (χ0n) is 12.4. The maximum atomic E-state index is 11.9. The van der Waals surface area contributed by atoms with E-state index in [1.54, 1.807) is 30.7 Å². The van der Waals surface area contributed by atoms with Crippen LogP contribution in [0.3, 0.4) is 0 Å². The number of carbonyl (C=O) groups excluding carboxylic acids is 1. The summed E-state index contributed by atoms with van der Waals surface area (Å²) in [5, 5.41) is 1.80. The van der Waals surface area contributed by atoms with Crippen molar-refractivity contribution in [3.8, 4) is 5.75 Å². The average Bonchev–Trinajstić information content (AvgIpc) is 3.02. The van der Waals surface area contributed by atoms with Crippen molar-refractivity contribution in [1.82, 2.24) is 9.97 Å². The van der Waals surface area contributed by atoms with Gasteiger partial charge in [-0.1, -0.05) is 12.1 Å². The normalized spacial score (nSPS) is 10.7. The van der Waals surface area contributed by atoms with Crippen molar-refractivity contribution in [3.05, 3.63) is 57.5 Å². The fraction of sp³-hybridized carbons (Fsp3) is 0.188. The number of H-pyrrole nitrogens is 1. The number of nitrogens with one attached hydrogen (secondary N) is 1. The second-order valence-electron chi connectivity index (χ2n) is 4.84. The average molecular weight is 330 g/mol. The summed E-state index contributed by atoms with van der Waals surface area (Å²) in [4.78, 5) is 30.6. The van der Waals surface area contributed by atoms with Gasteiger partial charge in [-0.25, -0.2) is 4.98 Å². The first-order valence-corrected chi connectivity index (χ1v) is 7.78. The van der Waals surface area contributed by atoms with Gasteiger partial charge in [-0.05, 0) is 29.1 Å². The van der Waals surface area contributed by atoms with Gasteiger partial charge in [-0.2, -0.15) is 0 Å². The highest BCUT2D eigenvalue weighted by Crippen LogP contribution is 2.15. The van der Waals surface area contributed by atoms with E-state index in [0.29, 0.717) is 21.8 Å². The predicted molar refractivity (Wildman–Crippen MR) is 86.7 cm³/mol. The molecule has 6 nitrogen and oxygen atoms in total. The van der Waals surface area contributed by atoms with Crippen LogP contribution in [0.25, 0.3) is 10.2 Å². The molecule has 0 aliphatic carbocycles. The molecule has 0 aliphatic rings. The lowest BCUT2D eigenvalue weighted by Gasteiger charge is -2.06. The van der Waals surface area contributed by atoms with Gasteiger partial charge in [0.15, 0.2) is 0 Å². The number of carbonyl (C=O) groups is 1. The monoisotopic (exact) mass is 330 g/mol. The third-order valence-electron chi connectivity index (χ3n) is 3.22. The van der Waals surface area contributed by atoms with Crippen LogP contribution in [-0.4, -0.2) is 23.0 Å². The van der Waals surface area contributed by atoms with E-state index in [1.165, 1.54) is 11.3 Å². The SMILES string of the molecule is COc1cccc(CC(=O)OCc2nc3ccsc3c(=O)[nH]2)c1. The number of nitrogens with zero attached hydrogens (tertiary/aromatic N) is 1. The first kappa shape index (κ1) is 15.2. The number of aromatic amines is 1. The molecule has 2 aromatic heterocycles. The number of esters is 1. The van der Waals surface area contributed by atoms with Crippen molar-refractivity contribution >= 4 is 27.5 Å². The highest BCUT2D eigenvalue weighted by atomic mass is 32.1. The van der Waals surface area contributed by atoms with Crippen LogP contribution >= 0.6 is 11.3 Å². The lowest BCUT2D eigenvalue weighted by Crippen LogP contribution is -2.14. The number of thiophene rings is 1. The maximum Gasteiger partial charge on any atom is 0.310 e. The van der Waals surface area contributed by atoms with E-state index in [1.807, 2.05) is 12.1 Å². The van der Waals surface area contributed by atoms with Crippen LogP contribution < -0.4 is 10.3 Å². The Morgan fingerprint density at radius 3 is 3.04 bits per heavy atom. The Morgan fingerprint density at radius 2 is 2.22 bits per heavy atom. The van der Waals surface area contributed by atoms with E-state index < -0.39 is 5.97 Å². The molecule has 0 spiro atoms. The Kier molecular flexibility index (Phi) is 4.38. The fourth-order valence-electron chi connectivity index (χ4n) is 2.14. The third-order valence-corrected chi connectivity index (χ3v) is 4.12. The minimum absolute atomic E-state index is 0.0656. The number of hydrogen-bond acceptors (Lipinski definition) is 6. The minimum atomic E-state index is -0.397. The Balaban J connectivity index is 1.64. The van der Waals surface area contributed by atoms with Gasteiger partial charge in [-0.3, -0.25) is 9.59 Å². The third kappa shape index (κ3) is 3.57. The van der Waals surface area contributed by atoms with Gasteiger partial charge in [0, 0.05) is 0 Å². The molecule has 3 rings (SSSR count). The molecule has 0 fully saturated rings. The van der Waals surface area contributed by atoms with E-state index in [4.69, 9.17) is 9.47 Å². The summed E-state index contributed by atoms with van der Waals surface area (Å²) in [6, 6.07) is 8.97. The molecular weight excluding hydrogens is 316 g/mol. The molecule has 2 heterocycles. The van der Waals surface area contributed by atoms with E-state index >= 15 is 0 Å². The summed E-state index contributed by atoms with van der Waals surface area (Å²) >= 11 is 1.33. The Morgan fingerprint density at radius 1 is 1.35 bits per heavy atom. The fourth-order valence-corrected chi connectivity index (χ4v) is 2.86. The van der Waals surface area contributed by atoms with Crippen LogP contribution in [0.5, 0.6) is 5.75 Å². The highest BCUT2D eigenvalue weighted by molar-refractivity contribution is 7.17. The van der Waals surface area contributed by atoms with Crippen LogP contribution in [0.4, 0.5) is 0 Å². The maximum absolute atomic E-state index is 11.9. The Hall–Kier alpha value is -2.67. The molecule has 118 valence electrons. The topological polar surface area (TPSA) is 81.3 Å². The van der Waals surface area contributed by atoms with Crippen molar-refractivity contribution in [2.45, 2.75) is 13.0 Å². The van der Waals surface area contributed by atoms with Crippen LogP contribution in [0, 0.1) is 0 Å². The molecule has 7 heteroatoms. The quantitative estimate of drug-likeness (QED) is 0.726. The van der Waals surface area contributed by atoms with E-state index in [-0.39, 0.29) is 18.6 Å². The van der Waals surface area contributed by atoms with Crippen LogP contribution in [-0.2, 0) is 22.6 Å². The first-order valence-electron chi connectivity index (χ1n) is 6.90. The molecule has 23 heavy (non-hydrogen) atoms. The van der Waals surface area contributed by atoms with Crippen molar-refractivity contribution < 1.29 is 14.3 Å². The number of aromatic nitrogens is 2. The Bertz CT molecular complexity index is 900. The number of hydrogen-bond donors (Lipinski definition) is 1. The number of methoxy groups -OCH3 is 1. The number of ether oxygens (including phenoxy) is 2. The van der Waals surface area contributed by atoms with Crippen molar-refractivity contribution in [2.24, 2.45) is 0 Å². The molecule has 1 aromatic carbocycles. The summed E-state index contributed by atoms with van der Waals surface area (Å²) in [7, 11) is 1.57. The van der Waals surface area contributed by atoms with Gasteiger partial charge in [-0.15, -0.1) is 11.3 Å². The smallest absolute Gasteiger partial charge is 0.310 e. The summed E-state index contributed by atoms with van der Waals surface area (Å²) in [6.45, 7) is -0.0656. The molecule has 0 unspecified atom stereocenters. The van der Waals surface area contributed by atoms with E-state index in [2.05, 4.69) is 9.97 Å². The van der Waals surface area contributed by atoms with Crippen molar-refractivity contribution in [1.29, 1.82) is 0 Å². The molecule has 0 aliphatic heterocycles. The van der Waals surface area contributed by atoms with E-state index in [0.717, 1.165) is 5.56 Å². The van der Waals surface area contributed by atoms with Gasteiger partial charge in [0.1, 0.15) is 22.9 Å². The van der Waals surface area contributed by atoms with Gasteiger partial charge in [0.05, 0.1) is 19.0 Å². The van der Waals surface area contributed by atoms with Crippen molar-refractivity contribution in [3.63, 3.8) is 0 Å². The van der Waals surface area contributed by atoms with Gasteiger partial charge in [0.2, 0.25) is 0 Å². The highest BCUT2D eigenvalue weighted by Gasteiger charge is 2.09. The summed E-state index contributed by atoms with van der Waals surface area (Å²) in [6.07, 6.45) is 0.127. The van der Waals surface area contributed by atoms with Gasteiger partial charge in [0.25, 0.3) is 5.56 Å². The molecule has 0 saturated heterocycles. The second kappa shape index (κ2) is 6.62. The Labute approximate surface area is 135 Å². The first-order chi connectivity index (χ1) is 11.2. The molecule has 0 bridgehead atoms. The molecule has 1 N–H and O–H groups in total. The minimum Gasteiger partial charge on any atom is -0.497 e. The lowest BCUT2D eigenvalue weighted by molar-refractivity contribution is -0.144. The molecule has 0 radical (unpaired) electrons. The van der Waals surface area contributed by atoms with Crippen molar-refractivity contribution in [2.75, 3.05) is 7.11 Å². The van der Waals surface area contributed by atoms with Crippen LogP contribution in [0.15, 0.2) is 40.5 Å². The lowest BCUT2D eigenvalue weighted by atomic mass is 10.1. The largest absolute Gasteiger partial charge is 0.497 e. The van der Waals surface area contributed by atoms with Gasteiger partial charge < -0.3 is 14.5 Å². The number of fused-ring (bicyclic) bond motifs is 1. The predicted octanol–water partition coefficient (Wildman–Crippen LogP) is 2.28. The van der Waals surface area contributed by atoms with E-state index in [9.17, 15) is 9.59 Å². The second-order valence-corrected chi connectivity index (χ2v) is 5.75. The standard InChI is InChI=1S/C16H14N2O4S/c1-21-11-4-2-3-10(7-11)8-14(19)22-9-13-17-12-5-6-23-15(12)16(20)18-13/h2-7H,8-9H2,1H3,(H,17,18,20). The molecule has 0 saturated carbocycles. The molecule has 0 atom stereocenters. The number of benzene rings is 1. The zero-order chi connectivity index (χ0) is 16.2. The summed E-state index contributed by atoms with van der Waals surface area (Å²) in [5.74, 6) is 0.621. The molecule has 3 aromatic rings.